The molecule has 3 aromatic rings. The lowest BCUT2D eigenvalue weighted by molar-refractivity contribution is -0.148. The molecule has 0 bridgehead atoms. The first kappa shape index (κ1) is 21.2. The second-order valence-corrected chi connectivity index (χ2v) is 7.52. The van der Waals surface area contributed by atoms with Crippen molar-refractivity contribution in [2.45, 2.75) is 25.7 Å². The van der Waals surface area contributed by atoms with Gasteiger partial charge in [-0.25, -0.2) is 13.2 Å². The van der Waals surface area contributed by atoms with Crippen LogP contribution in [0.2, 0.25) is 0 Å². The highest BCUT2D eigenvalue weighted by Gasteiger charge is 2.61. The third-order valence-electron chi connectivity index (χ3n) is 5.50. The number of fused-ring (bicyclic) bond motifs is 1. The van der Waals surface area contributed by atoms with E-state index in [2.05, 4.69) is 0 Å². The third-order valence-corrected chi connectivity index (χ3v) is 5.50. The molecule has 0 atom stereocenters. The van der Waals surface area contributed by atoms with Gasteiger partial charge in [0.25, 0.3) is 0 Å². The summed E-state index contributed by atoms with van der Waals surface area (Å²) in [5.41, 5.74) is -2.00. The Bertz CT molecular complexity index is 1270. The molecule has 0 nitrogen and oxygen atoms in total. The number of hydrogen-bond acceptors (Lipinski definition) is 0. The highest BCUT2D eigenvalue weighted by Crippen LogP contribution is 2.51. The molecule has 0 unspecified atom stereocenters. The van der Waals surface area contributed by atoms with E-state index in [1.165, 1.54) is 6.07 Å². The first-order valence-electron chi connectivity index (χ1n) is 9.29. The van der Waals surface area contributed by atoms with E-state index in [-0.39, 0.29) is 10.9 Å². The van der Waals surface area contributed by atoms with Crippen molar-refractivity contribution >= 4 is 16.3 Å². The van der Waals surface area contributed by atoms with Crippen molar-refractivity contribution in [2.75, 3.05) is 0 Å². The van der Waals surface area contributed by atoms with E-state index in [4.69, 9.17) is 0 Å². The Morgan fingerprint density at radius 2 is 1.29 bits per heavy atom. The Balaban J connectivity index is 1.94. The van der Waals surface area contributed by atoms with Crippen LogP contribution in [-0.4, -0.2) is 11.8 Å². The van der Waals surface area contributed by atoms with Crippen LogP contribution in [0.4, 0.5) is 30.7 Å². The van der Waals surface area contributed by atoms with Gasteiger partial charge in [-0.3, -0.25) is 0 Å². The molecule has 3 aromatic carbocycles. The van der Waals surface area contributed by atoms with E-state index in [9.17, 15) is 26.3 Å². The minimum absolute atomic E-state index is 0.0890. The normalized spacial score (nSPS) is 17.5. The Kier molecular flexibility index (Phi) is 4.76. The lowest BCUT2D eigenvalue weighted by atomic mass is 9.86. The second kappa shape index (κ2) is 6.97. The molecule has 0 fully saturated rings. The van der Waals surface area contributed by atoms with Crippen molar-refractivity contribution in [3.8, 4) is 11.1 Å². The minimum Gasteiger partial charge on any atom is -0.206 e. The molecule has 0 spiro atoms. The maximum atomic E-state index is 15.1. The zero-order valence-corrected chi connectivity index (χ0v) is 16.3. The van der Waals surface area contributed by atoms with Gasteiger partial charge in [-0.15, -0.1) is 0 Å². The summed E-state index contributed by atoms with van der Waals surface area (Å²) in [6.07, 6.45) is 1.43. The molecule has 0 heterocycles. The first-order chi connectivity index (χ1) is 14.5. The number of benzene rings is 3. The summed E-state index contributed by atoms with van der Waals surface area (Å²) < 4.78 is 102. The average molecular weight is 436 g/mol. The Morgan fingerprint density at radius 3 is 1.94 bits per heavy atom. The molecule has 1 aliphatic rings. The summed E-state index contributed by atoms with van der Waals surface area (Å²) in [5, 5.41) is -0.967. The van der Waals surface area contributed by atoms with E-state index in [0.717, 1.165) is 30.7 Å². The largest absolute Gasteiger partial charge is 0.340 e. The van der Waals surface area contributed by atoms with Crippen LogP contribution < -0.4 is 0 Å². The first-order valence-corrected chi connectivity index (χ1v) is 9.29. The number of allylic oxidation sites excluding steroid dienone is 4. The average Bonchev–Trinajstić information content (AvgIpc) is 2.71. The molecule has 0 aliphatic heterocycles. The summed E-state index contributed by atoms with van der Waals surface area (Å²) in [6.45, 7) is 2.65. The van der Waals surface area contributed by atoms with Gasteiger partial charge in [-0.05, 0) is 30.9 Å². The van der Waals surface area contributed by atoms with E-state index in [0.29, 0.717) is 11.6 Å². The third kappa shape index (κ3) is 3.06. The van der Waals surface area contributed by atoms with Crippen LogP contribution in [-0.2, 0) is 0 Å². The molecule has 0 amide bonds. The topological polar surface area (TPSA) is 0 Å². The molecule has 0 saturated carbocycles. The number of alkyl halides is 4. The van der Waals surface area contributed by atoms with Crippen LogP contribution in [0.5, 0.6) is 0 Å². The fraction of sp³-hybridized carbons (Fsp3) is 0.167. The summed E-state index contributed by atoms with van der Waals surface area (Å²) in [5.74, 6) is -13.7. The minimum atomic E-state index is -4.72. The summed E-state index contributed by atoms with van der Waals surface area (Å²) in [7, 11) is 0. The zero-order chi connectivity index (χ0) is 22.7. The molecule has 31 heavy (non-hydrogen) atoms. The maximum Gasteiger partial charge on any atom is 0.340 e. The molecule has 4 rings (SSSR count). The SMILES string of the molecule is CC1=CC=C(c2ccc3cc(-c4ccc(C)cc4)c(F)c(F)c3c2F)C(F)(F)C1(F)F. The monoisotopic (exact) mass is 436 g/mol. The molecule has 160 valence electrons. The smallest absolute Gasteiger partial charge is 0.206 e. The summed E-state index contributed by atoms with van der Waals surface area (Å²) >= 11 is 0. The molecule has 0 saturated heterocycles. The molecule has 0 N–H and O–H groups in total. The van der Waals surface area contributed by atoms with Gasteiger partial charge in [0.05, 0.1) is 5.39 Å². The number of hydrogen-bond donors (Lipinski definition) is 0. The van der Waals surface area contributed by atoms with Gasteiger partial charge in [0.1, 0.15) is 5.82 Å². The predicted octanol–water partition coefficient (Wildman–Crippen LogP) is 7.85. The van der Waals surface area contributed by atoms with Crippen LogP contribution in [0.25, 0.3) is 27.5 Å². The maximum absolute atomic E-state index is 15.1. The van der Waals surface area contributed by atoms with Crippen molar-refractivity contribution in [1.29, 1.82) is 0 Å². The molecule has 7 heteroatoms. The standard InChI is InChI=1S/C24H15F7/c1-12-3-6-14(7-4-12)17-11-15-8-9-16(20(25)19(15)22(27)21(17)26)18-10-5-13(2)23(28,29)24(18,30)31/h3-11H,1-2H3. The number of aryl methyl sites for hydroxylation is 1. The Labute approximate surface area is 173 Å². The van der Waals surface area contributed by atoms with Crippen molar-refractivity contribution < 1.29 is 30.7 Å². The molecular weight excluding hydrogens is 421 g/mol. The van der Waals surface area contributed by atoms with Gasteiger partial charge in [-0.2, -0.15) is 17.6 Å². The lowest BCUT2D eigenvalue weighted by Crippen LogP contribution is -2.44. The van der Waals surface area contributed by atoms with Gasteiger partial charge in [0.15, 0.2) is 11.6 Å². The molecule has 0 aromatic heterocycles. The van der Waals surface area contributed by atoms with Gasteiger partial charge >= 0.3 is 11.8 Å². The zero-order valence-electron chi connectivity index (χ0n) is 16.3. The number of halogens is 7. The molecule has 1 aliphatic carbocycles. The Hall–Kier alpha value is -3.09. The van der Waals surface area contributed by atoms with Crippen LogP contribution in [0.3, 0.4) is 0 Å². The van der Waals surface area contributed by atoms with Crippen molar-refractivity contribution in [3.63, 3.8) is 0 Å². The van der Waals surface area contributed by atoms with Crippen LogP contribution >= 0.6 is 0 Å². The van der Waals surface area contributed by atoms with Gasteiger partial charge in [0, 0.05) is 22.3 Å². The van der Waals surface area contributed by atoms with Crippen LogP contribution in [0.1, 0.15) is 18.1 Å². The lowest BCUT2D eigenvalue weighted by Gasteiger charge is -2.32. The fourth-order valence-electron chi connectivity index (χ4n) is 3.63. The quantitative estimate of drug-likeness (QED) is 0.359. The van der Waals surface area contributed by atoms with Gasteiger partial charge in [0.2, 0.25) is 0 Å². The highest BCUT2D eigenvalue weighted by atomic mass is 19.3. The van der Waals surface area contributed by atoms with Crippen LogP contribution in [0.15, 0.2) is 60.2 Å². The fourth-order valence-corrected chi connectivity index (χ4v) is 3.63. The molecular formula is C24H15F7. The van der Waals surface area contributed by atoms with Crippen LogP contribution in [0, 0.1) is 24.4 Å². The van der Waals surface area contributed by atoms with Crippen molar-refractivity contribution in [1.82, 2.24) is 0 Å². The van der Waals surface area contributed by atoms with Gasteiger partial charge in [-0.1, -0.05) is 54.1 Å². The van der Waals surface area contributed by atoms with E-state index in [1.807, 2.05) is 6.92 Å². The van der Waals surface area contributed by atoms with E-state index in [1.54, 1.807) is 24.3 Å². The highest BCUT2D eigenvalue weighted by molar-refractivity contribution is 5.92. The summed E-state index contributed by atoms with van der Waals surface area (Å²) in [6, 6.07) is 9.67. The number of rotatable bonds is 2. The van der Waals surface area contributed by atoms with E-state index < -0.39 is 51.4 Å². The van der Waals surface area contributed by atoms with Gasteiger partial charge < -0.3 is 0 Å². The Morgan fingerprint density at radius 1 is 0.645 bits per heavy atom. The van der Waals surface area contributed by atoms with E-state index >= 15 is 4.39 Å². The van der Waals surface area contributed by atoms with Crippen molar-refractivity contribution in [2.24, 2.45) is 0 Å². The summed E-state index contributed by atoms with van der Waals surface area (Å²) in [4.78, 5) is 0. The predicted molar refractivity (Wildman–Crippen MR) is 106 cm³/mol. The second-order valence-electron chi connectivity index (χ2n) is 7.52. The van der Waals surface area contributed by atoms with Crippen molar-refractivity contribution in [3.05, 3.63) is 88.8 Å². The molecule has 0 radical (unpaired) electrons.